The van der Waals surface area contributed by atoms with Gasteiger partial charge in [0.25, 0.3) is 0 Å². The van der Waals surface area contributed by atoms with Crippen LogP contribution in [-0.4, -0.2) is 40.2 Å². The Morgan fingerprint density at radius 3 is 2.36 bits per heavy atom. The van der Waals surface area contributed by atoms with Gasteiger partial charge in [-0.25, -0.2) is 9.67 Å². The third kappa shape index (κ3) is 4.73. The predicted octanol–water partition coefficient (Wildman–Crippen LogP) is 3.75. The third-order valence-electron chi connectivity index (χ3n) is 3.68. The van der Waals surface area contributed by atoms with E-state index in [2.05, 4.69) is 10.1 Å². The van der Waals surface area contributed by atoms with Crippen molar-refractivity contribution in [3.8, 4) is 28.6 Å². The fourth-order valence-electron chi connectivity index (χ4n) is 2.43. The lowest BCUT2D eigenvalue weighted by atomic mass is 10.1. The lowest BCUT2D eigenvalue weighted by Crippen LogP contribution is -2.07. The van der Waals surface area contributed by atoms with Crippen molar-refractivity contribution in [3.05, 3.63) is 54.4 Å². The zero-order valence-corrected chi connectivity index (χ0v) is 15.5. The lowest BCUT2D eigenvalue weighted by molar-refractivity contribution is -0.141. The van der Waals surface area contributed by atoms with E-state index in [1.807, 2.05) is 0 Å². The Morgan fingerprint density at radius 1 is 1.11 bits per heavy atom. The topological polar surface area (TPSA) is 69.4 Å². The number of halogens is 4. The third-order valence-corrected chi connectivity index (χ3v) is 3.68. The fourth-order valence-corrected chi connectivity index (χ4v) is 2.43. The Balaban J connectivity index is 0.00000280. The summed E-state index contributed by atoms with van der Waals surface area (Å²) in [7, 11) is 1.45. The van der Waals surface area contributed by atoms with Crippen LogP contribution in [0.15, 0.2) is 48.7 Å². The molecule has 0 aliphatic rings. The second kappa shape index (κ2) is 8.94. The highest BCUT2D eigenvalue weighted by Crippen LogP contribution is 2.33. The summed E-state index contributed by atoms with van der Waals surface area (Å²) in [6, 6.07) is 10.6. The van der Waals surface area contributed by atoms with Crippen molar-refractivity contribution >= 4 is 12.4 Å². The van der Waals surface area contributed by atoms with E-state index in [4.69, 9.17) is 14.6 Å². The Hall–Kier alpha value is -2.78. The molecule has 6 nitrogen and oxygen atoms in total. The van der Waals surface area contributed by atoms with Crippen LogP contribution >= 0.6 is 12.4 Å². The summed E-state index contributed by atoms with van der Waals surface area (Å²) in [6.07, 6.45) is -3.20. The van der Waals surface area contributed by atoms with Crippen molar-refractivity contribution in [1.82, 2.24) is 14.8 Å². The molecule has 3 rings (SSSR count). The Morgan fingerprint density at radius 2 is 1.82 bits per heavy atom. The number of aromatic nitrogens is 3. The monoisotopic (exact) mass is 415 g/mol. The average Bonchev–Trinajstić information content (AvgIpc) is 3.13. The molecule has 0 aliphatic carbocycles. The lowest BCUT2D eigenvalue weighted by Gasteiger charge is -2.09. The summed E-state index contributed by atoms with van der Waals surface area (Å²) in [5.74, 6) is 0.843. The summed E-state index contributed by atoms with van der Waals surface area (Å²) in [6.45, 7) is 0.000945. The minimum absolute atomic E-state index is 0. The minimum Gasteiger partial charge on any atom is -0.491 e. The van der Waals surface area contributed by atoms with Crippen LogP contribution in [0.4, 0.5) is 13.2 Å². The van der Waals surface area contributed by atoms with Crippen LogP contribution in [0.1, 0.15) is 5.69 Å². The van der Waals surface area contributed by atoms with Gasteiger partial charge in [-0.1, -0.05) is 0 Å². The Labute approximate surface area is 165 Å². The van der Waals surface area contributed by atoms with Gasteiger partial charge in [-0.15, -0.1) is 12.4 Å². The van der Waals surface area contributed by atoms with Crippen LogP contribution in [0.5, 0.6) is 11.6 Å². The first-order valence-corrected chi connectivity index (χ1v) is 7.94. The summed E-state index contributed by atoms with van der Waals surface area (Å²) in [5, 5.41) is 12.5. The quantitative estimate of drug-likeness (QED) is 0.664. The molecule has 0 saturated heterocycles. The summed E-state index contributed by atoms with van der Waals surface area (Å²) in [5.41, 5.74) is 0.129. The number of benzene rings is 1. The number of alkyl halides is 3. The molecule has 0 unspecified atom stereocenters. The number of hydrogen-bond acceptors (Lipinski definition) is 5. The van der Waals surface area contributed by atoms with Crippen molar-refractivity contribution in [3.63, 3.8) is 0 Å². The van der Waals surface area contributed by atoms with Gasteiger partial charge >= 0.3 is 6.18 Å². The summed E-state index contributed by atoms with van der Waals surface area (Å²) < 4.78 is 51.0. The number of hydrogen-bond donors (Lipinski definition) is 1. The normalized spacial score (nSPS) is 11.0. The molecule has 10 heteroatoms. The Kier molecular flexibility index (Phi) is 6.87. The molecule has 0 atom stereocenters. The number of aliphatic hydroxyl groups is 1. The molecule has 0 saturated carbocycles. The summed E-state index contributed by atoms with van der Waals surface area (Å²) >= 11 is 0. The molecule has 1 N–H and O–H groups in total. The molecule has 2 aromatic heterocycles. The van der Waals surface area contributed by atoms with Gasteiger partial charge in [0, 0.05) is 11.6 Å². The molecule has 1 aromatic carbocycles. The van der Waals surface area contributed by atoms with E-state index in [0.29, 0.717) is 22.9 Å². The first-order valence-electron chi connectivity index (χ1n) is 7.94. The van der Waals surface area contributed by atoms with Crippen molar-refractivity contribution in [2.75, 3.05) is 20.3 Å². The molecule has 3 aromatic rings. The van der Waals surface area contributed by atoms with E-state index in [9.17, 15) is 13.2 Å². The van der Waals surface area contributed by atoms with Gasteiger partial charge in [0.05, 0.1) is 31.3 Å². The fraction of sp³-hybridized carbons (Fsp3) is 0.222. The molecule has 0 amide bonds. The number of aliphatic hydroxyl groups excluding tert-OH is 1. The SMILES string of the molecule is COc1ccc(-n2nc(C(F)(F)F)cc2-c2ccc(OCCO)cc2)cn1.Cl. The van der Waals surface area contributed by atoms with E-state index in [0.717, 1.165) is 6.07 Å². The van der Waals surface area contributed by atoms with Crippen LogP contribution in [0.2, 0.25) is 0 Å². The first-order chi connectivity index (χ1) is 12.9. The number of nitrogens with zero attached hydrogens (tertiary/aromatic N) is 3. The van der Waals surface area contributed by atoms with Crippen molar-refractivity contribution in [2.24, 2.45) is 0 Å². The standard InChI is InChI=1S/C18H16F3N3O3.ClH/c1-26-17-7-4-13(11-22-17)24-15(10-16(23-24)18(19,20)21)12-2-5-14(6-3-12)27-9-8-25;/h2-7,10-11,25H,8-9H2,1H3;1H. The molecule has 0 fully saturated rings. The molecule has 0 spiro atoms. The highest BCUT2D eigenvalue weighted by molar-refractivity contribution is 5.85. The highest BCUT2D eigenvalue weighted by atomic mass is 35.5. The maximum atomic E-state index is 13.2. The predicted molar refractivity (Wildman–Crippen MR) is 98.2 cm³/mol. The molecule has 28 heavy (non-hydrogen) atoms. The average molecular weight is 416 g/mol. The van der Waals surface area contributed by atoms with Crippen LogP contribution in [0.25, 0.3) is 16.9 Å². The van der Waals surface area contributed by atoms with Crippen molar-refractivity contribution in [1.29, 1.82) is 0 Å². The first kappa shape index (κ1) is 21.5. The molecule has 0 bridgehead atoms. The van der Waals surface area contributed by atoms with Crippen molar-refractivity contribution < 1.29 is 27.8 Å². The highest BCUT2D eigenvalue weighted by Gasteiger charge is 2.35. The van der Waals surface area contributed by atoms with Gasteiger partial charge in [-0.2, -0.15) is 18.3 Å². The molecular formula is C18H17ClF3N3O3. The molecule has 150 valence electrons. The van der Waals surface area contributed by atoms with Gasteiger partial charge in [0.15, 0.2) is 5.69 Å². The van der Waals surface area contributed by atoms with Gasteiger partial charge in [-0.05, 0) is 36.4 Å². The van der Waals surface area contributed by atoms with Crippen LogP contribution in [0, 0.1) is 0 Å². The van der Waals surface area contributed by atoms with Gasteiger partial charge in [0.2, 0.25) is 5.88 Å². The number of pyridine rings is 1. The maximum Gasteiger partial charge on any atom is 0.435 e. The zero-order valence-electron chi connectivity index (χ0n) is 14.7. The van der Waals surface area contributed by atoms with E-state index in [-0.39, 0.29) is 31.3 Å². The van der Waals surface area contributed by atoms with E-state index >= 15 is 0 Å². The smallest absolute Gasteiger partial charge is 0.435 e. The molecular weight excluding hydrogens is 399 g/mol. The minimum atomic E-state index is -4.58. The summed E-state index contributed by atoms with van der Waals surface area (Å²) in [4.78, 5) is 4.02. The number of ether oxygens (including phenoxy) is 2. The Bertz CT molecular complexity index is 897. The van der Waals surface area contributed by atoms with Gasteiger partial charge in [-0.3, -0.25) is 0 Å². The second-order valence-corrected chi connectivity index (χ2v) is 5.48. The van der Waals surface area contributed by atoms with E-state index in [1.54, 1.807) is 36.4 Å². The molecule has 0 aliphatic heterocycles. The van der Waals surface area contributed by atoms with Crippen molar-refractivity contribution in [2.45, 2.75) is 6.18 Å². The molecule has 2 heterocycles. The zero-order chi connectivity index (χ0) is 19.4. The van der Waals surface area contributed by atoms with Gasteiger partial charge in [0.1, 0.15) is 12.4 Å². The number of methoxy groups -OCH3 is 1. The number of rotatable bonds is 6. The van der Waals surface area contributed by atoms with Crippen LogP contribution < -0.4 is 9.47 Å². The van der Waals surface area contributed by atoms with Gasteiger partial charge < -0.3 is 14.6 Å². The van der Waals surface area contributed by atoms with Crippen LogP contribution in [-0.2, 0) is 6.18 Å². The van der Waals surface area contributed by atoms with Crippen LogP contribution in [0.3, 0.4) is 0 Å². The van der Waals surface area contributed by atoms with E-state index in [1.165, 1.54) is 18.0 Å². The maximum absolute atomic E-state index is 13.2. The largest absolute Gasteiger partial charge is 0.491 e. The van der Waals surface area contributed by atoms with E-state index < -0.39 is 11.9 Å². The molecule has 0 radical (unpaired) electrons. The second-order valence-electron chi connectivity index (χ2n) is 5.48.